The molecule has 1 N–H and O–H groups in total. The van der Waals surface area contributed by atoms with Gasteiger partial charge < -0.3 is 14.8 Å². The summed E-state index contributed by atoms with van der Waals surface area (Å²) in [6.07, 6.45) is -4.11. The molecule has 1 amide bonds. The van der Waals surface area contributed by atoms with Crippen LogP contribution in [0.5, 0.6) is 11.5 Å². The minimum Gasteiger partial charge on any atom is -0.497 e. The smallest absolute Gasteiger partial charge is 0.417 e. The van der Waals surface area contributed by atoms with Gasteiger partial charge in [0.2, 0.25) is 0 Å². The second-order valence-corrected chi connectivity index (χ2v) is 5.46. The molecular formula is C17H13ClF3NO4. The van der Waals surface area contributed by atoms with Crippen LogP contribution in [-0.4, -0.2) is 25.9 Å². The molecule has 0 aliphatic heterocycles. The van der Waals surface area contributed by atoms with E-state index < -0.39 is 29.3 Å². The Kier molecular flexibility index (Phi) is 6.10. The van der Waals surface area contributed by atoms with Gasteiger partial charge in [0.05, 0.1) is 23.3 Å². The van der Waals surface area contributed by atoms with E-state index in [1.54, 1.807) is 0 Å². The topological polar surface area (TPSA) is 64.6 Å². The highest BCUT2D eigenvalue weighted by Gasteiger charge is 2.33. The highest BCUT2D eigenvalue weighted by atomic mass is 35.5. The molecule has 2 rings (SSSR count). The van der Waals surface area contributed by atoms with Gasteiger partial charge >= 0.3 is 6.18 Å². The number of hydrogen-bond acceptors (Lipinski definition) is 4. The van der Waals surface area contributed by atoms with Crippen molar-refractivity contribution in [3.05, 3.63) is 52.5 Å². The van der Waals surface area contributed by atoms with Crippen molar-refractivity contribution >= 4 is 29.5 Å². The molecule has 0 atom stereocenters. The lowest BCUT2D eigenvalue weighted by molar-refractivity contribution is -0.137. The monoisotopic (exact) mass is 387 g/mol. The van der Waals surface area contributed by atoms with E-state index in [1.807, 2.05) is 0 Å². The second-order valence-electron chi connectivity index (χ2n) is 5.05. The van der Waals surface area contributed by atoms with Gasteiger partial charge in [0.15, 0.2) is 12.9 Å². The molecule has 0 saturated carbocycles. The Morgan fingerprint density at radius 2 is 1.96 bits per heavy atom. The lowest BCUT2D eigenvalue weighted by atomic mass is 10.2. The molecule has 0 unspecified atom stereocenters. The minimum atomic E-state index is -4.64. The van der Waals surface area contributed by atoms with E-state index in [9.17, 15) is 22.8 Å². The van der Waals surface area contributed by atoms with E-state index in [4.69, 9.17) is 21.1 Å². The third-order valence-electron chi connectivity index (χ3n) is 3.26. The van der Waals surface area contributed by atoms with E-state index in [0.717, 1.165) is 12.1 Å². The van der Waals surface area contributed by atoms with Crippen LogP contribution in [0.15, 0.2) is 36.4 Å². The summed E-state index contributed by atoms with van der Waals surface area (Å²) in [4.78, 5) is 22.9. The van der Waals surface area contributed by atoms with E-state index >= 15 is 0 Å². The quantitative estimate of drug-likeness (QED) is 0.755. The molecule has 26 heavy (non-hydrogen) atoms. The van der Waals surface area contributed by atoms with Gasteiger partial charge in [0.1, 0.15) is 11.5 Å². The second kappa shape index (κ2) is 8.09. The summed E-state index contributed by atoms with van der Waals surface area (Å²) in [5.74, 6) is -0.124. The number of halogens is 4. The van der Waals surface area contributed by atoms with E-state index in [1.165, 1.54) is 31.4 Å². The Balaban J connectivity index is 2.05. The fourth-order valence-electron chi connectivity index (χ4n) is 2.04. The number of anilines is 1. The number of carbonyl (C=O) groups is 2. The molecule has 138 valence electrons. The van der Waals surface area contributed by atoms with Gasteiger partial charge in [-0.3, -0.25) is 9.59 Å². The molecule has 0 spiro atoms. The van der Waals surface area contributed by atoms with Crippen LogP contribution in [0.3, 0.4) is 0 Å². The first-order chi connectivity index (χ1) is 12.2. The summed E-state index contributed by atoms with van der Waals surface area (Å²) in [7, 11) is 1.43. The van der Waals surface area contributed by atoms with Gasteiger partial charge in [-0.2, -0.15) is 13.2 Å². The number of benzene rings is 2. The zero-order valence-corrected chi connectivity index (χ0v) is 14.1. The maximum atomic E-state index is 12.8. The molecule has 0 heterocycles. The Labute approximate surface area is 151 Å². The largest absolute Gasteiger partial charge is 0.497 e. The molecular weight excluding hydrogens is 375 g/mol. The summed E-state index contributed by atoms with van der Waals surface area (Å²) < 4.78 is 48.7. The lowest BCUT2D eigenvalue weighted by Gasteiger charge is -2.13. The maximum absolute atomic E-state index is 12.8. The predicted octanol–water partition coefficient (Wildman–Crippen LogP) is 4.20. The predicted molar refractivity (Wildman–Crippen MR) is 89.0 cm³/mol. The summed E-state index contributed by atoms with van der Waals surface area (Å²) >= 11 is 5.52. The Morgan fingerprint density at radius 3 is 2.58 bits per heavy atom. The van der Waals surface area contributed by atoms with Gasteiger partial charge in [0, 0.05) is 5.69 Å². The van der Waals surface area contributed by atoms with Crippen LogP contribution in [0.2, 0.25) is 5.02 Å². The average molecular weight is 388 g/mol. The first-order valence-electron chi connectivity index (χ1n) is 7.17. The summed E-state index contributed by atoms with van der Waals surface area (Å²) in [6.45, 7) is -0.503. The SMILES string of the molecule is COc1ccc(OCC(=O)Nc2ccc(Cl)c(C(F)(F)F)c2)c(C=O)c1. The molecule has 5 nitrogen and oxygen atoms in total. The van der Waals surface area contributed by atoms with Crippen molar-refractivity contribution in [1.82, 2.24) is 0 Å². The standard InChI is InChI=1S/C17H13ClF3NO4/c1-25-12-3-5-15(10(6-12)8-23)26-9-16(24)22-11-2-4-14(18)13(7-11)17(19,20)21/h2-8H,9H2,1H3,(H,22,24). The average Bonchev–Trinajstić information content (AvgIpc) is 2.60. The molecule has 2 aromatic carbocycles. The van der Waals surface area contributed by atoms with E-state index in [2.05, 4.69) is 5.32 Å². The maximum Gasteiger partial charge on any atom is 0.417 e. The Morgan fingerprint density at radius 1 is 1.23 bits per heavy atom. The minimum absolute atomic E-state index is 0.0827. The van der Waals surface area contributed by atoms with Gasteiger partial charge in [-0.25, -0.2) is 0 Å². The summed E-state index contributed by atoms with van der Waals surface area (Å²) in [5, 5.41) is 1.80. The van der Waals surface area contributed by atoms with Crippen molar-refractivity contribution in [3.8, 4) is 11.5 Å². The van der Waals surface area contributed by atoms with Crippen LogP contribution >= 0.6 is 11.6 Å². The molecule has 0 aliphatic carbocycles. The van der Waals surface area contributed by atoms with Crippen LogP contribution < -0.4 is 14.8 Å². The van der Waals surface area contributed by atoms with Crippen LogP contribution in [0.4, 0.5) is 18.9 Å². The van der Waals surface area contributed by atoms with Crippen LogP contribution in [0.1, 0.15) is 15.9 Å². The van der Waals surface area contributed by atoms with Crippen molar-refractivity contribution in [2.45, 2.75) is 6.18 Å². The third-order valence-corrected chi connectivity index (χ3v) is 3.59. The third kappa shape index (κ3) is 4.89. The number of rotatable bonds is 6. The number of aldehydes is 1. The van der Waals surface area contributed by atoms with Crippen molar-refractivity contribution < 1.29 is 32.2 Å². The molecule has 0 aliphatic rings. The number of methoxy groups -OCH3 is 1. The molecule has 2 aromatic rings. The normalized spacial score (nSPS) is 11.0. The first-order valence-corrected chi connectivity index (χ1v) is 7.55. The number of nitrogens with one attached hydrogen (secondary N) is 1. The van der Waals surface area contributed by atoms with Crippen molar-refractivity contribution in [1.29, 1.82) is 0 Å². The highest BCUT2D eigenvalue weighted by Crippen LogP contribution is 2.36. The van der Waals surface area contributed by atoms with E-state index in [-0.39, 0.29) is 17.0 Å². The van der Waals surface area contributed by atoms with Crippen molar-refractivity contribution in [2.75, 3.05) is 19.0 Å². The number of amides is 1. The Bertz CT molecular complexity index is 824. The number of ether oxygens (including phenoxy) is 2. The van der Waals surface area contributed by atoms with Crippen LogP contribution in [0.25, 0.3) is 0 Å². The number of hydrogen-bond donors (Lipinski definition) is 1. The highest BCUT2D eigenvalue weighted by molar-refractivity contribution is 6.31. The molecule has 0 fully saturated rings. The molecule has 0 aromatic heterocycles. The van der Waals surface area contributed by atoms with Crippen molar-refractivity contribution in [3.63, 3.8) is 0 Å². The molecule has 0 bridgehead atoms. The van der Waals surface area contributed by atoms with Crippen LogP contribution in [0, 0.1) is 0 Å². The molecule has 9 heteroatoms. The van der Waals surface area contributed by atoms with Crippen molar-refractivity contribution in [2.24, 2.45) is 0 Å². The van der Waals surface area contributed by atoms with Gasteiger partial charge in [-0.15, -0.1) is 0 Å². The zero-order chi connectivity index (χ0) is 19.3. The number of carbonyl (C=O) groups excluding carboxylic acids is 2. The van der Waals surface area contributed by atoms with Gasteiger partial charge in [0.25, 0.3) is 5.91 Å². The Hall–Kier alpha value is -2.74. The van der Waals surface area contributed by atoms with E-state index in [0.29, 0.717) is 12.0 Å². The lowest BCUT2D eigenvalue weighted by Crippen LogP contribution is -2.21. The fourth-order valence-corrected chi connectivity index (χ4v) is 2.26. The number of alkyl halides is 3. The van der Waals surface area contributed by atoms with Gasteiger partial charge in [-0.05, 0) is 36.4 Å². The summed E-state index contributed by atoms with van der Waals surface area (Å²) in [6, 6.07) is 7.41. The fraction of sp³-hybridized carbons (Fsp3) is 0.176. The zero-order valence-electron chi connectivity index (χ0n) is 13.4. The first kappa shape index (κ1) is 19.6. The summed E-state index contributed by atoms with van der Waals surface area (Å²) in [5.41, 5.74) is -0.972. The van der Waals surface area contributed by atoms with Crippen LogP contribution in [-0.2, 0) is 11.0 Å². The molecule has 0 saturated heterocycles. The van der Waals surface area contributed by atoms with Gasteiger partial charge in [-0.1, -0.05) is 11.6 Å². The molecule has 0 radical (unpaired) electrons.